The van der Waals surface area contributed by atoms with Crippen LogP contribution in [-0.2, 0) is 6.42 Å². The Morgan fingerprint density at radius 1 is 1.37 bits per heavy atom. The van der Waals surface area contributed by atoms with Crippen molar-refractivity contribution in [2.75, 3.05) is 6.54 Å². The molecule has 0 aliphatic rings. The molecule has 0 heterocycles. The molecule has 1 rings (SSSR count). The Morgan fingerprint density at radius 3 is 2.63 bits per heavy atom. The molecule has 0 fully saturated rings. The number of halogens is 2. The van der Waals surface area contributed by atoms with Crippen molar-refractivity contribution in [3.63, 3.8) is 0 Å². The third kappa shape index (κ3) is 6.05. The quantitative estimate of drug-likeness (QED) is 0.747. The summed E-state index contributed by atoms with van der Waals surface area (Å²) in [6.07, 6.45) is 3.24. The normalized spacial score (nSPS) is 13.6. The lowest BCUT2D eigenvalue weighted by atomic mass is 9.80. The van der Waals surface area contributed by atoms with Gasteiger partial charge in [0, 0.05) is 6.04 Å². The van der Waals surface area contributed by atoms with E-state index in [1.165, 1.54) is 11.6 Å². The Kier molecular flexibility index (Phi) is 6.48. The number of hydrogen-bond donors (Lipinski definition) is 1. The van der Waals surface area contributed by atoms with Crippen LogP contribution in [0.1, 0.15) is 46.1 Å². The first-order valence-electron chi connectivity index (χ1n) is 7.01. The van der Waals surface area contributed by atoms with Gasteiger partial charge in [0.1, 0.15) is 5.82 Å². The van der Waals surface area contributed by atoms with Crippen LogP contribution in [0.5, 0.6) is 0 Å². The highest BCUT2D eigenvalue weighted by Gasteiger charge is 2.21. The Labute approximate surface area is 125 Å². The zero-order chi connectivity index (χ0) is 14.5. The number of rotatable bonds is 7. The van der Waals surface area contributed by atoms with Crippen LogP contribution < -0.4 is 5.32 Å². The van der Waals surface area contributed by atoms with Crippen molar-refractivity contribution in [1.29, 1.82) is 0 Å². The summed E-state index contributed by atoms with van der Waals surface area (Å²) in [6.45, 7) is 10.0. The third-order valence-corrected chi connectivity index (χ3v) is 3.88. The van der Waals surface area contributed by atoms with E-state index < -0.39 is 0 Å². The predicted molar refractivity (Wildman–Crippen MR) is 84.0 cm³/mol. The summed E-state index contributed by atoms with van der Waals surface area (Å²) in [5.41, 5.74) is 1.39. The minimum atomic E-state index is -0.195. The van der Waals surface area contributed by atoms with E-state index >= 15 is 0 Å². The number of nitrogens with one attached hydrogen (secondary N) is 1. The zero-order valence-corrected chi connectivity index (χ0v) is 14.0. The summed E-state index contributed by atoms with van der Waals surface area (Å²) in [5, 5.41) is 3.53. The van der Waals surface area contributed by atoms with Gasteiger partial charge in [0.05, 0.1) is 4.47 Å². The molecule has 1 unspecified atom stereocenters. The summed E-state index contributed by atoms with van der Waals surface area (Å²) in [5.74, 6) is -0.195. The molecule has 0 aromatic heterocycles. The molecule has 0 bridgehead atoms. The van der Waals surface area contributed by atoms with E-state index in [1.54, 1.807) is 0 Å². The van der Waals surface area contributed by atoms with Crippen molar-refractivity contribution in [2.24, 2.45) is 5.41 Å². The molecular weight excluding hydrogens is 305 g/mol. The van der Waals surface area contributed by atoms with Gasteiger partial charge in [-0.05, 0) is 71.8 Å². The van der Waals surface area contributed by atoms with Crippen molar-refractivity contribution in [1.82, 2.24) is 5.32 Å². The minimum absolute atomic E-state index is 0.195. The van der Waals surface area contributed by atoms with Crippen molar-refractivity contribution in [2.45, 2.75) is 53.0 Å². The van der Waals surface area contributed by atoms with Gasteiger partial charge in [0.25, 0.3) is 0 Å². The lowest BCUT2D eigenvalue weighted by Crippen LogP contribution is -2.32. The molecule has 0 aliphatic carbocycles. The Balaban J connectivity index is 2.60. The second kappa shape index (κ2) is 7.39. The SMILES string of the molecule is CCCNC(C)CC(C)(C)Cc1ccc(F)c(Br)c1. The van der Waals surface area contributed by atoms with E-state index in [1.807, 2.05) is 12.1 Å². The Morgan fingerprint density at radius 2 is 2.05 bits per heavy atom. The predicted octanol–water partition coefficient (Wildman–Crippen LogP) is 4.94. The van der Waals surface area contributed by atoms with E-state index in [0.29, 0.717) is 10.5 Å². The lowest BCUT2D eigenvalue weighted by Gasteiger charge is -2.29. The van der Waals surface area contributed by atoms with Crippen LogP contribution >= 0.6 is 15.9 Å². The van der Waals surface area contributed by atoms with E-state index in [0.717, 1.165) is 25.8 Å². The third-order valence-electron chi connectivity index (χ3n) is 3.27. The monoisotopic (exact) mass is 329 g/mol. The fourth-order valence-electron chi connectivity index (χ4n) is 2.57. The molecule has 1 N–H and O–H groups in total. The summed E-state index contributed by atoms with van der Waals surface area (Å²) in [4.78, 5) is 0. The van der Waals surface area contributed by atoms with Gasteiger partial charge in [-0.15, -0.1) is 0 Å². The van der Waals surface area contributed by atoms with E-state index in [2.05, 4.69) is 48.9 Å². The summed E-state index contributed by atoms with van der Waals surface area (Å²) in [6, 6.07) is 5.82. The average molecular weight is 330 g/mol. The molecule has 0 saturated carbocycles. The smallest absolute Gasteiger partial charge is 0.137 e. The molecule has 1 atom stereocenters. The van der Waals surface area contributed by atoms with E-state index in [4.69, 9.17) is 0 Å². The zero-order valence-electron chi connectivity index (χ0n) is 12.4. The van der Waals surface area contributed by atoms with Crippen LogP contribution in [0.4, 0.5) is 4.39 Å². The standard InChI is InChI=1S/C16H25BrFN/c1-5-8-19-12(2)10-16(3,4)11-13-6-7-15(18)14(17)9-13/h6-7,9,12,19H,5,8,10-11H2,1-4H3. The van der Waals surface area contributed by atoms with Gasteiger partial charge in [-0.1, -0.05) is 26.8 Å². The maximum Gasteiger partial charge on any atom is 0.137 e. The molecule has 0 radical (unpaired) electrons. The van der Waals surface area contributed by atoms with Gasteiger partial charge >= 0.3 is 0 Å². The summed E-state index contributed by atoms with van der Waals surface area (Å²) >= 11 is 3.25. The van der Waals surface area contributed by atoms with Gasteiger partial charge in [0.15, 0.2) is 0 Å². The molecule has 0 saturated heterocycles. The first-order chi connectivity index (χ1) is 8.84. The maximum absolute atomic E-state index is 13.2. The molecule has 19 heavy (non-hydrogen) atoms. The van der Waals surface area contributed by atoms with Gasteiger partial charge in [-0.2, -0.15) is 0 Å². The first kappa shape index (κ1) is 16.6. The second-order valence-electron chi connectivity index (χ2n) is 6.15. The van der Waals surface area contributed by atoms with Gasteiger partial charge in [0.2, 0.25) is 0 Å². The average Bonchev–Trinajstić information content (AvgIpc) is 2.30. The Bertz CT molecular complexity index is 404. The van der Waals surface area contributed by atoms with E-state index in [9.17, 15) is 4.39 Å². The van der Waals surface area contributed by atoms with Crippen LogP contribution in [0.25, 0.3) is 0 Å². The second-order valence-corrected chi connectivity index (χ2v) is 7.00. The highest BCUT2D eigenvalue weighted by molar-refractivity contribution is 9.10. The first-order valence-corrected chi connectivity index (χ1v) is 7.80. The van der Waals surface area contributed by atoms with Crippen molar-refractivity contribution < 1.29 is 4.39 Å². The highest BCUT2D eigenvalue weighted by Crippen LogP contribution is 2.29. The number of hydrogen-bond acceptors (Lipinski definition) is 1. The molecule has 0 aliphatic heterocycles. The molecule has 3 heteroatoms. The van der Waals surface area contributed by atoms with Crippen molar-refractivity contribution in [3.05, 3.63) is 34.1 Å². The van der Waals surface area contributed by atoms with Crippen LogP contribution in [0.2, 0.25) is 0 Å². The molecule has 1 aromatic rings. The van der Waals surface area contributed by atoms with Crippen molar-refractivity contribution in [3.8, 4) is 0 Å². The molecule has 1 aromatic carbocycles. The number of benzene rings is 1. The van der Waals surface area contributed by atoms with Gasteiger partial charge < -0.3 is 5.32 Å². The Hall–Kier alpha value is -0.410. The molecule has 0 amide bonds. The molecule has 108 valence electrons. The van der Waals surface area contributed by atoms with Gasteiger partial charge in [-0.3, -0.25) is 0 Å². The minimum Gasteiger partial charge on any atom is -0.314 e. The molecule has 1 nitrogen and oxygen atoms in total. The topological polar surface area (TPSA) is 12.0 Å². The molecular formula is C16H25BrFN. The van der Waals surface area contributed by atoms with Crippen LogP contribution in [0, 0.1) is 11.2 Å². The molecule has 0 spiro atoms. The van der Waals surface area contributed by atoms with Gasteiger partial charge in [-0.25, -0.2) is 4.39 Å². The van der Waals surface area contributed by atoms with Crippen LogP contribution in [0.3, 0.4) is 0 Å². The van der Waals surface area contributed by atoms with Crippen molar-refractivity contribution >= 4 is 15.9 Å². The highest BCUT2D eigenvalue weighted by atomic mass is 79.9. The van der Waals surface area contributed by atoms with E-state index in [-0.39, 0.29) is 11.2 Å². The van der Waals surface area contributed by atoms with Crippen LogP contribution in [0.15, 0.2) is 22.7 Å². The van der Waals surface area contributed by atoms with Crippen LogP contribution in [-0.4, -0.2) is 12.6 Å². The fraction of sp³-hybridized carbons (Fsp3) is 0.625. The maximum atomic E-state index is 13.2. The summed E-state index contributed by atoms with van der Waals surface area (Å²) < 4.78 is 13.8. The summed E-state index contributed by atoms with van der Waals surface area (Å²) in [7, 11) is 0. The lowest BCUT2D eigenvalue weighted by molar-refractivity contribution is 0.287. The fourth-order valence-corrected chi connectivity index (χ4v) is 2.99. The largest absolute Gasteiger partial charge is 0.314 e.